The van der Waals surface area contributed by atoms with Gasteiger partial charge in [0.05, 0.1) is 18.4 Å². The molecule has 0 fully saturated rings. The van der Waals surface area contributed by atoms with Gasteiger partial charge in [-0.2, -0.15) is 10.4 Å². The zero-order valence-electron chi connectivity index (χ0n) is 9.30. The lowest BCUT2D eigenvalue weighted by Crippen LogP contribution is -2.15. The van der Waals surface area contributed by atoms with Crippen molar-refractivity contribution in [2.24, 2.45) is 0 Å². The molecule has 0 aliphatic rings. The number of hydrogen-bond acceptors (Lipinski definition) is 4. The first-order chi connectivity index (χ1) is 7.67. The summed E-state index contributed by atoms with van der Waals surface area (Å²) in [7, 11) is 0. The summed E-state index contributed by atoms with van der Waals surface area (Å²) >= 11 is 0. The molecule has 0 saturated heterocycles. The lowest BCUT2D eigenvalue weighted by atomic mass is 10.2. The zero-order chi connectivity index (χ0) is 12.0. The minimum absolute atomic E-state index is 0.0609. The van der Waals surface area contributed by atoms with Gasteiger partial charge in [0.25, 0.3) is 0 Å². The van der Waals surface area contributed by atoms with Gasteiger partial charge < -0.3 is 4.74 Å². The monoisotopic (exact) mass is 219 g/mol. The molecule has 0 bridgehead atoms. The maximum Gasteiger partial charge on any atom is 0.327 e. The number of esters is 1. The van der Waals surface area contributed by atoms with Gasteiger partial charge in [0.1, 0.15) is 6.54 Å². The number of rotatable bonds is 4. The summed E-state index contributed by atoms with van der Waals surface area (Å²) in [6, 6.07) is 3.75. The maximum atomic E-state index is 11.2. The molecule has 1 heterocycles. The van der Waals surface area contributed by atoms with Crippen LogP contribution in [-0.4, -0.2) is 22.4 Å². The Balaban J connectivity index is 2.80. The highest BCUT2D eigenvalue weighted by molar-refractivity contribution is 5.69. The van der Waals surface area contributed by atoms with Crippen LogP contribution in [0, 0.1) is 11.3 Å². The molecule has 0 saturated carbocycles. The fourth-order valence-corrected chi connectivity index (χ4v) is 1.18. The van der Waals surface area contributed by atoms with E-state index in [1.807, 2.05) is 6.07 Å². The van der Waals surface area contributed by atoms with E-state index in [2.05, 4.69) is 5.10 Å². The second kappa shape index (κ2) is 5.71. The molecule has 0 unspecified atom stereocenters. The molecular formula is C11H13N3O2. The van der Waals surface area contributed by atoms with Crippen LogP contribution in [-0.2, 0) is 16.1 Å². The van der Waals surface area contributed by atoms with Crippen molar-refractivity contribution in [3.63, 3.8) is 0 Å². The number of carbonyl (C=O) groups is 1. The zero-order valence-corrected chi connectivity index (χ0v) is 9.30. The van der Waals surface area contributed by atoms with Gasteiger partial charge in [-0.3, -0.25) is 9.48 Å². The van der Waals surface area contributed by atoms with Gasteiger partial charge in [-0.1, -0.05) is 0 Å². The molecule has 0 N–H and O–H groups in total. The number of hydrogen-bond donors (Lipinski definition) is 0. The van der Waals surface area contributed by atoms with Crippen molar-refractivity contribution in [3.8, 4) is 6.07 Å². The molecule has 1 rings (SSSR count). The van der Waals surface area contributed by atoms with Crippen LogP contribution < -0.4 is 0 Å². The second-order valence-corrected chi connectivity index (χ2v) is 3.16. The van der Waals surface area contributed by atoms with Crippen LogP contribution in [0.1, 0.15) is 19.5 Å². The van der Waals surface area contributed by atoms with Crippen LogP contribution in [0.15, 0.2) is 17.8 Å². The Morgan fingerprint density at radius 2 is 2.50 bits per heavy atom. The number of allylic oxidation sites excluding steroid dienone is 1. The lowest BCUT2D eigenvalue weighted by molar-refractivity contribution is -0.144. The van der Waals surface area contributed by atoms with E-state index in [0.717, 1.165) is 0 Å². The largest absolute Gasteiger partial charge is 0.465 e. The van der Waals surface area contributed by atoms with Crippen molar-refractivity contribution in [1.82, 2.24) is 9.78 Å². The minimum Gasteiger partial charge on any atom is -0.465 e. The molecule has 84 valence electrons. The summed E-state index contributed by atoms with van der Waals surface area (Å²) in [5.41, 5.74) is 1.28. The van der Waals surface area contributed by atoms with Crippen LogP contribution >= 0.6 is 0 Å². The molecule has 0 aromatic carbocycles. The van der Waals surface area contributed by atoms with Gasteiger partial charge in [0.15, 0.2) is 0 Å². The van der Waals surface area contributed by atoms with E-state index in [0.29, 0.717) is 17.9 Å². The number of aromatic nitrogens is 2. The number of carbonyl (C=O) groups excluding carboxylic acids is 1. The molecule has 16 heavy (non-hydrogen) atoms. The van der Waals surface area contributed by atoms with Crippen molar-refractivity contribution >= 4 is 12.0 Å². The molecule has 0 amide bonds. The summed E-state index contributed by atoms with van der Waals surface area (Å²) in [6.45, 7) is 3.86. The Hall–Kier alpha value is -2.09. The van der Waals surface area contributed by atoms with Gasteiger partial charge in [-0.25, -0.2) is 0 Å². The van der Waals surface area contributed by atoms with Crippen molar-refractivity contribution in [2.75, 3.05) is 6.61 Å². The summed E-state index contributed by atoms with van der Waals surface area (Å²) < 4.78 is 6.31. The van der Waals surface area contributed by atoms with Crippen LogP contribution in [0.2, 0.25) is 0 Å². The predicted octanol–water partition coefficient (Wildman–Crippen LogP) is 1.37. The average molecular weight is 219 g/mol. The Labute approximate surface area is 93.9 Å². The molecule has 1 aromatic rings. The van der Waals surface area contributed by atoms with Crippen LogP contribution in [0.4, 0.5) is 0 Å². The molecular weight excluding hydrogens is 206 g/mol. The van der Waals surface area contributed by atoms with E-state index in [4.69, 9.17) is 10.00 Å². The third-order valence-corrected chi connectivity index (χ3v) is 1.87. The third-order valence-electron chi connectivity index (χ3n) is 1.87. The third kappa shape index (κ3) is 3.24. The summed E-state index contributed by atoms with van der Waals surface area (Å²) in [5, 5.41) is 12.6. The predicted molar refractivity (Wildman–Crippen MR) is 58.1 cm³/mol. The minimum atomic E-state index is -0.338. The first-order valence-electron chi connectivity index (χ1n) is 4.93. The van der Waals surface area contributed by atoms with E-state index in [1.165, 1.54) is 4.68 Å². The van der Waals surface area contributed by atoms with Crippen molar-refractivity contribution in [3.05, 3.63) is 23.5 Å². The van der Waals surface area contributed by atoms with Crippen molar-refractivity contribution in [2.45, 2.75) is 20.4 Å². The Morgan fingerprint density at radius 1 is 1.75 bits per heavy atom. The average Bonchev–Trinajstić information content (AvgIpc) is 2.66. The van der Waals surface area contributed by atoms with E-state index >= 15 is 0 Å². The summed E-state index contributed by atoms with van der Waals surface area (Å²) in [4.78, 5) is 11.2. The summed E-state index contributed by atoms with van der Waals surface area (Å²) in [5.74, 6) is -0.338. The molecule has 0 atom stereocenters. The maximum absolute atomic E-state index is 11.2. The highest BCUT2D eigenvalue weighted by Crippen LogP contribution is 2.05. The quantitative estimate of drug-likeness (QED) is 0.566. The van der Waals surface area contributed by atoms with E-state index in [9.17, 15) is 4.79 Å². The van der Waals surface area contributed by atoms with E-state index < -0.39 is 0 Å². The Kier molecular flexibility index (Phi) is 4.28. The van der Waals surface area contributed by atoms with Crippen molar-refractivity contribution < 1.29 is 9.53 Å². The molecule has 0 aliphatic carbocycles. The van der Waals surface area contributed by atoms with Crippen LogP contribution in [0.5, 0.6) is 0 Å². The van der Waals surface area contributed by atoms with E-state index in [1.54, 1.807) is 32.2 Å². The first-order valence-corrected chi connectivity index (χ1v) is 4.93. The first kappa shape index (κ1) is 12.0. The van der Waals surface area contributed by atoms with Gasteiger partial charge in [0, 0.05) is 11.8 Å². The van der Waals surface area contributed by atoms with Crippen molar-refractivity contribution in [1.29, 1.82) is 5.26 Å². The fourth-order valence-electron chi connectivity index (χ4n) is 1.18. The number of nitrogens with zero attached hydrogens (tertiary/aromatic N) is 3. The van der Waals surface area contributed by atoms with Gasteiger partial charge in [-0.15, -0.1) is 0 Å². The Bertz CT molecular complexity index is 440. The highest BCUT2D eigenvalue weighted by atomic mass is 16.5. The molecule has 0 radical (unpaired) electrons. The number of ether oxygens (including phenoxy) is 1. The molecule has 0 aliphatic heterocycles. The second-order valence-electron chi connectivity index (χ2n) is 3.16. The van der Waals surface area contributed by atoms with E-state index in [-0.39, 0.29) is 12.5 Å². The highest BCUT2D eigenvalue weighted by Gasteiger charge is 2.06. The fraction of sp³-hybridized carbons (Fsp3) is 0.364. The van der Waals surface area contributed by atoms with Gasteiger partial charge in [-0.05, 0) is 26.0 Å². The summed E-state index contributed by atoms with van der Waals surface area (Å²) in [6.07, 6.45) is 3.25. The van der Waals surface area contributed by atoms with Crippen LogP contribution in [0.3, 0.4) is 0 Å². The van der Waals surface area contributed by atoms with Gasteiger partial charge in [0.2, 0.25) is 0 Å². The smallest absolute Gasteiger partial charge is 0.327 e. The molecule has 0 spiro atoms. The van der Waals surface area contributed by atoms with Crippen LogP contribution in [0.25, 0.3) is 6.08 Å². The molecule has 1 aromatic heterocycles. The molecule has 5 heteroatoms. The topological polar surface area (TPSA) is 67.9 Å². The molecule has 5 nitrogen and oxygen atoms in total. The SMILES string of the molecule is CCOC(=O)Cn1nccc1C=C(C)C#N. The lowest BCUT2D eigenvalue weighted by Gasteiger charge is -2.04. The Morgan fingerprint density at radius 3 is 3.12 bits per heavy atom. The standard InChI is InChI=1S/C11H13N3O2/c1-3-16-11(15)8-14-10(4-5-13-14)6-9(2)7-12/h4-6H,3,8H2,1-2H3. The van der Waals surface area contributed by atoms with Gasteiger partial charge >= 0.3 is 5.97 Å². The normalized spacial score (nSPS) is 10.9. The number of nitriles is 1.